The summed E-state index contributed by atoms with van der Waals surface area (Å²) in [4.78, 5) is 23.3. The summed E-state index contributed by atoms with van der Waals surface area (Å²) < 4.78 is 27.2. The van der Waals surface area contributed by atoms with Gasteiger partial charge < -0.3 is 10.2 Å². The highest BCUT2D eigenvalue weighted by Gasteiger charge is 2.17. The van der Waals surface area contributed by atoms with Gasteiger partial charge in [-0.15, -0.1) is 0 Å². The first-order chi connectivity index (χ1) is 17.6. The normalized spacial score (nSPS) is 12.9. The fourth-order valence-corrected chi connectivity index (χ4v) is 3.87. The van der Waals surface area contributed by atoms with E-state index >= 15 is 0 Å². The third-order valence-electron chi connectivity index (χ3n) is 5.70. The van der Waals surface area contributed by atoms with Crippen LogP contribution < -0.4 is 10.2 Å². The Kier molecular flexibility index (Phi) is 6.61. The van der Waals surface area contributed by atoms with Crippen molar-refractivity contribution in [2.75, 3.05) is 23.3 Å². The maximum Gasteiger partial charge on any atom is 0.260 e. The molecule has 5 aromatic rings. The molecule has 0 radical (unpaired) electrons. The van der Waals surface area contributed by atoms with Gasteiger partial charge in [0.05, 0.1) is 29.2 Å². The SMILES string of the molecule is Fc1ccc(F)cc1.O=C(Nc1ccc(-n2cncn2)cn1)c1cnn2ccc(N3CCCC3)cc12. The van der Waals surface area contributed by atoms with Crippen LogP contribution in [0.1, 0.15) is 23.2 Å². The molecule has 1 fully saturated rings. The molecule has 1 N–H and O–H groups in total. The molecule has 4 aromatic heterocycles. The lowest BCUT2D eigenvalue weighted by molar-refractivity contribution is 0.102. The van der Waals surface area contributed by atoms with Gasteiger partial charge in [-0.3, -0.25) is 4.79 Å². The van der Waals surface area contributed by atoms with Crippen molar-refractivity contribution < 1.29 is 13.6 Å². The topological polar surface area (TPSA) is 93.2 Å². The number of pyridine rings is 2. The van der Waals surface area contributed by atoms with Crippen molar-refractivity contribution in [3.63, 3.8) is 0 Å². The average molecular weight is 489 g/mol. The molecule has 0 bridgehead atoms. The third-order valence-corrected chi connectivity index (χ3v) is 5.70. The zero-order valence-electron chi connectivity index (χ0n) is 19.1. The Morgan fingerprint density at radius 3 is 2.28 bits per heavy atom. The highest BCUT2D eigenvalue weighted by Crippen LogP contribution is 2.23. The molecule has 0 aliphatic carbocycles. The summed E-state index contributed by atoms with van der Waals surface area (Å²) >= 11 is 0. The Morgan fingerprint density at radius 2 is 1.64 bits per heavy atom. The van der Waals surface area contributed by atoms with Gasteiger partial charge in [0.2, 0.25) is 0 Å². The molecular formula is C25H22F2N8O. The molecule has 5 heterocycles. The summed E-state index contributed by atoms with van der Waals surface area (Å²) in [5.74, 6) is -0.601. The Balaban J connectivity index is 0.000000286. The van der Waals surface area contributed by atoms with Gasteiger partial charge in [-0.25, -0.2) is 27.9 Å². The van der Waals surface area contributed by atoms with E-state index < -0.39 is 11.6 Å². The summed E-state index contributed by atoms with van der Waals surface area (Å²) in [5, 5.41) is 11.2. The third kappa shape index (κ3) is 5.19. The van der Waals surface area contributed by atoms with Gasteiger partial charge in [0, 0.05) is 25.0 Å². The smallest absolute Gasteiger partial charge is 0.260 e. The van der Waals surface area contributed by atoms with Gasteiger partial charge in [-0.1, -0.05) is 0 Å². The maximum atomic E-state index is 12.8. The fourth-order valence-electron chi connectivity index (χ4n) is 3.87. The van der Waals surface area contributed by atoms with E-state index in [1.54, 1.807) is 34.0 Å². The molecule has 36 heavy (non-hydrogen) atoms. The van der Waals surface area contributed by atoms with Crippen LogP contribution in [0.4, 0.5) is 20.3 Å². The van der Waals surface area contributed by atoms with Crippen LogP contribution in [0.15, 0.2) is 79.8 Å². The number of hydrogen-bond acceptors (Lipinski definition) is 6. The molecule has 9 nitrogen and oxygen atoms in total. The number of aromatic nitrogens is 6. The highest BCUT2D eigenvalue weighted by atomic mass is 19.1. The van der Waals surface area contributed by atoms with Gasteiger partial charge >= 0.3 is 0 Å². The number of carbonyl (C=O) groups is 1. The number of amides is 1. The molecule has 6 rings (SSSR count). The zero-order valence-corrected chi connectivity index (χ0v) is 19.1. The summed E-state index contributed by atoms with van der Waals surface area (Å²) in [6.07, 6.45) is 10.6. The lowest BCUT2D eigenvalue weighted by Gasteiger charge is -2.17. The van der Waals surface area contributed by atoms with E-state index in [2.05, 4.69) is 30.4 Å². The Labute approximate surface area is 205 Å². The van der Waals surface area contributed by atoms with Crippen molar-refractivity contribution in [3.05, 3.63) is 97.0 Å². The molecule has 1 amide bonds. The lowest BCUT2D eigenvalue weighted by atomic mass is 10.2. The van der Waals surface area contributed by atoms with Crippen molar-refractivity contribution in [1.29, 1.82) is 0 Å². The number of halogens is 2. The number of hydrogen-bond donors (Lipinski definition) is 1. The number of fused-ring (bicyclic) bond motifs is 1. The molecule has 0 spiro atoms. The molecule has 1 aromatic carbocycles. The van der Waals surface area contributed by atoms with Crippen LogP contribution in [0.3, 0.4) is 0 Å². The Morgan fingerprint density at radius 1 is 0.889 bits per heavy atom. The Bertz CT molecular complexity index is 1420. The summed E-state index contributed by atoms with van der Waals surface area (Å²) in [5.41, 5.74) is 3.18. The summed E-state index contributed by atoms with van der Waals surface area (Å²) in [6, 6.07) is 11.9. The fraction of sp³-hybridized carbons (Fsp3) is 0.160. The van der Waals surface area contributed by atoms with Crippen molar-refractivity contribution in [1.82, 2.24) is 29.4 Å². The molecule has 0 atom stereocenters. The molecule has 0 unspecified atom stereocenters. The summed E-state index contributed by atoms with van der Waals surface area (Å²) in [6.45, 7) is 2.10. The molecule has 1 aliphatic rings. The van der Waals surface area contributed by atoms with Crippen molar-refractivity contribution >= 4 is 22.9 Å². The minimum atomic E-state index is -0.411. The van der Waals surface area contributed by atoms with Crippen molar-refractivity contribution in [2.45, 2.75) is 12.8 Å². The van der Waals surface area contributed by atoms with Gasteiger partial charge in [0.15, 0.2) is 0 Å². The van der Waals surface area contributed by atoms with Crippen LogP contribution in [0.5, 0.6) is 0 Å². The monoisotopic (exact) mass is 488 g/mol. The van der Waals surface area contributed by atoms with Crippen LogP contribution >= 0.6 is 0 Å². The minimum Gasteiger partial charge on any atom is -0.371 e. The predicted octanol–water partition coefficient (Wildman–Crippen LogP) is 4.13. The first-order valence-corrected chi connectivity index (χ1v) is 11.3. The van der Waals surface area contributed by atoms with Crippen molar-refractivity contribution in [3.8, 4) is 5.69 Å². The zero-order chi connectivity index (χ0) is 24.9. The van der Waals surface area contributed by atoms with Crippen LogP contribution in [0.25, 0.3) is 11.2 Å². The van der Waals surface area contributed by atoms with E-state index in [1.807, 2.05) is 24.4 Å². The Hall–Kier alpha value is -4.67. The second-order valence-electron chi connectivity index (χ2n) is 8.10. The molecular weight excluding hydrogens is 466 g/mol. The van der Waals surface area contributed by atoms with Gasteiger partial charge in [-0.05, 0) is 61.4 Å². The number of rotatable bonds is 4. The minimum absolute atomic E-state index is 0.241. The predicted molar refractivity (Wildman–Crippen MR) is 130 cm³/mol. The first-order valence-electron chi connectivity index (χ1n) is 11.3. The van der Waals surface area contributed by atoms with E-state index in [4.69, 9.17) is 0 Å². The molecule has 1 saturated heterocycles. The number of carbonyl (C=O) groups excluding carboxylic acids is 1. The van der Waals surface area contributed by atoms with Crippen LogP contribution in [0, 0.1) is 11.6 Å². The maximum absolute atomic E-state index is 12.8. The van der Waals surface area contributed by atoms with Crippen LogP contribution in [-0.4, -0.2) is 48.4 Å². The highest BCUT2D eigenvalue weighted by molar-refractivity contribution is 6.08. The van der Waals surface area contributed by atoms with E-state index in [1.165, 1.54) is 19.2 Å². The van der Waals surface area contributed by atoms with E-state index in [0.717, 1.165) is 54.2 Å². The molecule has 182 valence electrons. The molecule has 0 saturated carbocycles. The standard InChI is InChI=1S/C19H18N8O.C6H4F2/c28-19(24-18-4-3-15(10-21-18)27-13-20-12-23-27)16-11-22-26-8-5-14(9-17(16)26)25-6-1-2-7-25;7-5-1-2-6(8)4-3-5/h3-5,8-13H,1-2,6-7H2,(H,21,24,28);1-4H. The number of nitrogens with one attached hydrogen (secondary N) is 1. The van der Waals surface area contributed by atoms with E-state index in [9.17, 15) is 13.6 Å². The van der Waals surface area contributed by atoms with E-state index in [0.29, 0.717) is 11.4 Å². The lowest BCUT2D eigenvalue weighted by Crippen LogP contribution is -2.18. The van der Waals surface area contributed by atoms with Gasteiger partial charge in [0.1, 0.15) is 30.1 Å². The van der Waals surface area contributed by atoms with Crippen molar-refractivity contribution in [2.24, 2.45) is 0 Å². The largest absolute Gasteiger partial charge is 0.371 e. The van der Waals surface area contributed by atoms with Crippen LogP contribution in [0.2, 0.25) is 0 Å². The number of benzene rings is 1. The number of nitrogens with zero attached hydrogens (tertiary/aromatic N) is 7. The second-order valence-corrected chi connectivity index (χ2v) is 8.10. The average Bonchev–Trinajstić information content (AvgIpc) is 3.68. The molecule has 11 heteroatoms. The van der Waals surface area contributed by atoms with E-state index in [-0.39, 0.29) is 5.91 Å². The number of anilines is 2. The van der Waals surface area contributed by atoms with Gasteiger partial charge in [0.25, 0.3) is 5.91 Å². The second kappa shape index (κ2) is 10.3. The van der Waals surface area contributed by atoms with Gasteiger partial charge in [-0.2, -0.15) is 10.2 Å². The first kappa shape index (κ1) is 23.1. The molecule has 1 aliphatic heterocycles. The summed E-state index contributed by atoms with van der Waals surface area (Å²) in [7, 11) is 0. The quantitative estimate of drug-likeness (QED) is 0.409. The van der Waals surface area contributed by atoms with Crippen LogP contribution in [-0.2, 0) is 0 Å².